The van der Waals surface area contributed by atoms with Gasteiger partial charge in [-0.05, 0) is 43.2 Å². The number of hydrogen-bond donors (Lipinski definition) is 0. The zero-order chi connectivity index (χ0) is 25.8. The van der Waals surface area contributed by atoms with Crippen LogP contribution in [0.4, 0.5) is 14.5 Å². The van der Waals surface area contributed by atoms with Crippen molar-refractivity contribution in [2.75, 3.05) is 31.1 Å². The SMILES string of the molecule is CCC(Sc1nc(C)c(Cc2ccc(F)cc2)c(=O)n1C)C(=O)N1CCN(c2ccccc2F)CC1. The van der Waals surface area contributed by atoms with Crippen LogP contribution >= 0.6 is 11.8 Å². The van der Waals surface area contributed by atoms with Crippen LogP contribution in [0.2, 0.25) is 0 Å². The lowest BCUT2D eigenvalue weighted by molar-refractivity contribution is -0.130. The van der Waals surface area contributed by atoms with E-state index in [2.05, 4.69) is 4.98 Å². The van der Waals surface area contributed by atoms with Crippen LogP contribution in [0.25, 0.3) is 0 Å². The average Bonchev–Trinajstić information content (AvgIpc) is 2.89. The van der Waals surface area contributed by atoms with E-state index in [0.717, 1.165) is 5.56 Å². The number of piperazine rings is 1. The van der Waals surface area contributed by atoms with Crippen LogP contribution in [-0.4, -0.2) is 51.8 Å². The van der Waals surface area contributed by atoms with Gasteiger partial charge < -0.3 is 9.80 Å². The van der Waals surface area contributed by atoms with Crippen molar-refractivity contribution in [1.29, 1.82) is 0 Å². The summed E-state index contributed by atoms with van der Waals surface area (Å²) >= 11 is 1.30. The van der Waals surface area contributed by atoms with Crippen molar-refractivity contribution in [2.45, 2.75) is 37.1 Å². The van der Waals surface area contributed by atoms with Crippen molar-refractivity contribution in [3.05, 3.63) is 87.3 Å². The summed E-state index contributed by atoms with van der Waals surface area (Å²) in [5, 5.41) is 0.107. The Morgan fingerprint density at radius 2 is 1.72 bits per heavy atom. The highest BCUT2D eigenvalue weighted by atomic mass is 32.2. The lowest BCUT2D eigenvalue weighted by Crippen LogP contribution is -2.51. The molecule has 36 heavy (non-hydrogen) atoms. The highest BCUT2D eigenvalue weighted by Crippen LogP contribution is 2.27. The van der Waals surface area contributed by atoms with Crippen molar-refractivity contribution in [2.24, 2.45) is 7.05 Å². The quantitative estimate of drug-likeness (QED) is 0.351. The average molecular weight is 513 g/mol. The van der Waals surface area contributed by atoms with Gasteiger partial charge >= 0.3 is 0 Å². The van der Waals surface area contributed by atoms with Crippen LogP contribution in [0.5, 0.6) is 0 Å². The number of benzene rings is 2. The first-order valence-electron chi connectivity index (χ1n) is 12.0. The van der Waals surface area contributed by atoms with Gasteiger partial charge in [0.2, 0.25) is 5.91 Å². The normalized spacial score (nSPS) is 14.7. The summed E-state index contributed by atoms with van der Waals surface area (Å²) in [6.45, 7) is 5.86. The monoisotopic (exact) mass is 512 g/mol. The maximum Gasteiger partial charge on any atom is 0.257 e. The summed E-state index contributed by atoms with van der Waals surface area (Å²) in [5.41, 5.74) is 2.37. The predicted molar refractivity (Wildman–Crippen MR) is 139 cm³/mol. The van der Waals surface area contributed by atoms with Crippen LogP contribution < -0.4 is 10.5 Å². The summed E-state index contributed by atoms with van der Waals surface area (Å²) in [6.07, 6.45) is 0.947. The molecule has 9 heteroatoms. The van der Waals surface area contributed by atoms with E-state index in [1.54, 1.807) is 38.2 Å². The van der Waals surface area contributed by atoms with Gasteiger partial charge in [-0.1, -0.05) is 43.0 Å². The number of nitrogens with zero attached hydrogens (tertiary/aromatic N) is 4. The maximum absolute atomic E-state index is 14.1. The molecule has 6 nitrogen and oxygen atoms in total. The Hall–Kier alpha value is -3.20. The van der Waals surface area contributed by atoms with Crippen LogP contribution in [-0.2, 0) is 18.3 Å². The fourth-order valence-corrected chi connectivity index (χ4v) is 5.46. The van der Waals surface area contributed by atoms with Gasteiger partial charge in [-0.3, -0.25) is 14.2 Å². The molecule has 4 rings (SSSR count). The molecule has 1 atom stereocenters. The minimum absolute atomic E-state index is 0.00188. The smallest absolute Gasteiger partial charge is 0.257 e. The Kier molecular flexibility index (Phi) is 8.08. The third kappa shape index (κ3) is 5.61. The number of thioether (sulfide) groups is 1. The van der Waals surface area contributed by atoms with Crippen LogP contribution in [0, 0.1) is 18.6 Å². The van der Waals surface area contributed by atoms with Gasteiger partial charge in [0.25, 0.3) is 5.56 Å². The maximum atomic E-state index is 14.1. The Bertz CT molecular complexity index is 1290. The summed E-state index contributed by atoms with van der Waals surface area (Å²) in [5.74, 6) is -0.584. The first-order valence-corrected chi connectivity index (χ1v) is 12.9. The molecule has 2 aromatic carbocycles. The van der Waals surface area contributed by atoms with Crippen LogP contribution in [0.3, 0.4) is 0 Å². The molecule has 0 saturated carbocycles. The molecule has 1 aromatic heterocycles. The van der Waals surface area contributed by atoms with Crippen molar-refractivity contribution in [3.8, 4) is 0 Å². The van der Waals surface area contributed by atoms with Gasteiger partial charge in [0.05, 0.1) is 10.9 Å². The molecular formula is C27H30F2N4O2S. The van der Waals surface area contributed by atoms with Gasteiger partial charge in [-0.25, -0.2) is 13.8 Å². The number of carbonyl (C=O) groups is 1. The third-order valence-electron chi connectivity index (χ3n) is 6.52. The Labute approximate surface area is 214 Å². The van der Waals surface area contributed by atoms with E-state index in [0.29, 0.717) is 61.1 Å². The molecule has 1 unspecified atom stereocenters. The second-order valence-corrected chi connectivity index (χ2v) is 10.1. The summed E-state index contributed by atoms with van der Waals surface area (Å²) in [4.78, 5) is 34.9. The molecule has 1 aliphatic rings. The van der Waals surface area contributed by atoms with E-state index in [9.17, 15) is 18.4 Å². The molecule has 0 N–H and O–H groups in total. The van der Waals surface area contributed by atoms with Crippen molar-refractivity contribution in [1.82, 2.24) is 14.5 Å². The molecule has 0 bridgehead atoms. The fourth-order valence-electron chi connectivity index (χ4n) is 4.36. The van der Waals surface area contributed by atoms with E-state index < -0.39 is 0 Å². The van der Waals surface area contributed by atoms with Crippen molar-refractivity contribution in [3.63, 3.8) is 0 Å². The third-order valence-corrected chi connectivity index (χ3v) is 7.92. The highest BCUT2D eigenvalue weighted by molar-refractivity contribution is 8.00. The summed E-state index contributed by atoms with van der Waals surface area (Å²) in [7, 11) is 1.66. The second-order valence-electron chi connectivity index (χ2n) is 8.90. The molecule has 1 saturated heterocycles. The number of para-hydroxylation sites is 1. The molecule has 1 aliphatic heterocycles. The first kappa shape index (κ1) is 25.9. The standard InChI is InChI=1S/C27H30F2N4O2S/c1-4-24(26(35)33-15-13-32(14-16-33)23-8-6-5-7-22(23)29)36-27-30-18(2)21(25(34)31(27)3)17-19-9-11-20(28)12-10-19/h5-12,24H,4,13-17H2,1-3H3. The van der Waals surface area contributed by atoms with Crippen molar-refractivity contribution < 1.29 is 13.6 Å². The second kappa shape index (κ2) is 11.2. The Balaban J connectivity index is 1.45. The largest absolute Gasteiger partial charge is 0.366 e. The summed E-state index contributed by atoms with van der Waals surface area (Å²) in [6, 6.07) is 12.8. The number of anilines is 1. The lowest BCUT2D eigenvalue weighted by Gasteiger charge is -2.37. The first-order chi connectivity index (χ1) is 17.3. The minimum Gasteiger partial charge on any atom is -0.366 e. The number of amides is 1. The van der Waals surface area contributed by atoms with Gasteiger partial charge in [-0.15, -0.1) is 0 Å². The number of hydrogen-bond acceptors (Lipinski definition) is 5. The zero-order valence-electron chi connectivity index (χ0n) is 20.7. The number of aryl methyl sites for hydroxylation is 1. The topological polar surface area (TPSA) is 58.4 Å². The lowest BCUT2D eigenvalue weighted by atomic mass is 10.1. The Morgan fingerprint density at radius 3 is 2.36 bits per heavy atom. The van der Waals surface area contributed by atoms with E-state index in [4.69, 9.17) is 0 Å². The van der Waals surface area contributed by atoms with Gasteiger partial charge in [0.15, 0.2) is 5.16 Å². The Morgan fingerprint density at radius 1 is 1.06 bits per heavy atom. The molecule has 0 spiro atoms. The predicted octanol–water partition coefficient (Wildman–Crippen LogP) is 4.18. The van der Waals surface area contributed by atoms with Crippen molar-refractivity contribution >= 4 is 23.4 Å². The van der Waals surface area contributed by atoms with E-state index in [1.165, 1.54) is 34.5 Å². The molecule has 1 amide bonds. The molecule has 1 fully saturated rings. The summed E-state index contributed by atoms with van der Waals surface area (Å²) < 4.78 is 28.9. The van der Waals surface area contributed by atoms with E-state index in [1.807, 2.05) is 22.8 Å². The molecule has 0 radical (unpaired) electrons. The van der Waals surface area contributed by atoms with E-state index >= 15 is 0 Å². The molecular weight excluding hydrogens is 482 g/mol. The van der Waals surface area contributed by atoms with Crippen LogP contribution in [0.1, 0.15) is 30.2 Å². The van der Waals surface area contributed by atoms with Gasteiger partial charge in [0, 0.05) is 50.9 Å². The van der Waals surface area contributed by atoms with Gasteiger partial charge in [0.1, 0.15) is 11.6 Å². The molecule has 0 aliphatic carbocycles. The van der Waals surface area contributed by atoms with Gasteiger partial charge in [-0.2, -0.15) is 0 Å². The molecule has 2 heterocycles. The minimum atomic E-state index is -0.384. The zero-order valence-corrected chi connectivity index (χ0v) is 21.5. The van der Waals surface area contributed by atoms with Crippen LogP contribution in [0.15, 0.2) is 58.5 Å². The number of carbonyl (C=O) groups excluding carboxylic acids is 1. The number of aromatic nitrogens is 2. The fraction of sp³-hybridized carbons (Fsp3) is 0.370. The molecule has 190 valence electrons. The van der Waals surface area contributed by atoms with E-state index in [-0.39, 0.29) is 28.4 Å². The number of halogens is 2. The molecule has 3 aromatic rings. The number of rotatable bonds is 7. The highest BCUT2D eigenvalue weighted by Gasteiger charge is 2.29.